The molecule has 6 nitrogen and oxygen atoms in total. The topological polar surface area (TPSA) is 76.6 Å². The Bertz CT molecular complexity index is 600. The van der Waals surface area contributed by atoms with E-state index in [1.807, 2.05) is 11.9 Å². The van der Waals surface area contributed by atoms with Crippen LogP contribution in [0.4, 0.5) is 5.82 Å². The van der Waals surface area contributed by atoms with Gasteiger partial charge in [-0.2, -0.15) is 0 Å². The molecule has 2 rings (SSSR count). The molecule has 0 aliphatic carbocycles. The second kappa shape index (κ2) is 5.78. The lowest BCUT2D eigenvalue weighted by atomic mass is 10.1. The van der Waals surface area contributed by atoms with E-state index in [4.69, 9.17) is 0 Å². The highest BCUT2D eigenvalue weighted by atomic mass is 32.2. The highest BCUT2D eigenvalue weighted by Gasteiger charge is 2.28. The van der Waals surface area contributed by atoms with Crippen LogP contribution >= 0.6 is 0 Å². The minimum atomic E-state index is -2.87. The first-order valence-electron chi connectivity index (χ1n) is 6.38. The molecular weight excluding hydrogens is 280 g/mol. The third-order valence-electron chi connectivity index (χ3n) is 3.38. The Hall–Kier alpha value is -1.63. The van der Waals surface area contributed by atoms with Gasteiger partial charge in [0.05, 0.1) is 18.6 Å². The lowest BCUT2D eigenvalue weighted by molar-refractivity contribution is 0.0594. The van der Waals surface area contributed by atoms with Crippen LogP contribution in [0.15, 0.2) is 18.2 Å². The number of methoxy groups -OCH3 is 1. The highest BCUT2D eigenvalue weighted by Crippen LogP contribution is 2.21. The third kappa shape index (κ3) is 3.47. The number of nitrogens with zero attached hydrogens (tertiary/aromatic N) is 2. The maximum Gasteiger partial charge on any atom is 0.356 e. The Labute approximate surface area is 118 Å². The number of esters is 1. The van der Waals surface area contributed by atoms with E-state index in [2.05, 4.69) is 9.72 Å². The number of carbonyl (C=O) groups is 1. The number of hydrogen-bond donors (Lipinski definition) is 0. The van der Waals surface area contributed by atoms with Gasteiger partial charge < -0.3 is 9.64 Å². The van der Waals surface area contributed by atoms with Gasteiger partial charge >= 0.3 is 5.97 Å². The average Bonchev–Trinajstić information content (AvgIpc) is 2.77. The van der Waals surface area contributed by atoms with Gasteiger partial charge in [0.15, 0.2) is 15.5 Å². The zero-order valence-corrected chi connectivity index (χ0v) is 12.4. The summed E-state index contributed by atoms with van der Waals surface area (Å²) in [5.41, 5.74) is 0.246. The predicted molar refractivity (Wildman–Crippen MR) is 75.6 cm³/mol. The molecule has 1 aliphatic rings. The summed E-state index contributed by atoms with van der Waals surface area (Å²) >= 11 is 0. The molecule has 0 bridgehead atoms. The van der Waals surface area contributed by atoms with Crippen LogP contribution in [0, 0.1) is 5.92 Å². The molecule has 1 unspecified atom stereocenters. The molecule has 110 valence electrons. The van der Waals surface area contributed by atoms with Gasteiger partial charge in [0.1, 0.15) is 5.82 Å². The number of hydrogen-bond acceptors (Lipinski definition) is 6. The van der Waals surface area contributed by atoms with Crippen molar-refractivity contribution in [2.45, 2.75) is 6.42 Å². The monoisotopic (exact) mass is 298 g/mol. The molecule has 0 amide bonds. The van der Waals surface area contributed by atoms with Crippen molar-refractivity contribution in [3.05, 3.63) is 23.9 Å². The van der Waals surface area contributed by atoms with Crippen LogP contribution in [0.3, 0.4) is 0 Å². The minimum absolute atomic E-state index is 0.119. The van der Waals surface area contributed by atoms with Gasteiger partial charge in [0, 0.05) is 13.6 Å². The number of ether oxygens (including phenoxy) is 1. The van der Waals surface area contributed by atoms with Gasteiger partial charge in [-0.15, -0.1) is 0 Å². The normalized spacial score (nSPS) is 20.6. The molecule has 1 fully saturated rings. The van der Waals surface area contributed by atoms with Crippen molar-refractivity contribution < 1.29 is 17.9 Å². The second-order valence-electron chi connectivity index (χ2n) is 5.02. The van der Waals surface area contributed by atoms with Crippen LogP contribution in [0.5, 0.6) is 0 Å². The Balaban J connectivity index is 2.06. The van der Waals surface area contributed by atoms with Crippen molar-refractivity contribution in [3.63, 3.8) is 0 Å². The Kier molecular flexibility index (Phi) is 4.27. The van der Waals surface area contributed by atoms with E-state index in [0.717, 1.165) is 0 Å². The molecule has 2 heterocycles. The molecule has 1 aliphatic heterocycles. The number of sulfone groups is 1. The summed E-state index contributed by atoms with van der Waals surface area (Å²) in [5, 5.41) is 0. The van der Waals surface area contributed by atoms with Crippen LogP contribution in [0.2, 0.25) is 0 Å². The number of carbonyl (C=O) groups excluding carboxylic acids is 1. The Morgan fingerprint density at radius 3 is 2.85 bits per heavy atom. The molecule has 1 atom stereocenters. The number of anilines is 1. The number of aromatic nitrogens is 1. The average molecular weight is 298 g/mol. The first-order valence-corrected chi connectivity index (χ1v) is 8.20. The second-order valence-corrected chi connectivity index (χ2v) is 7.25. The third-order valence-corrected chi connectivity index (χ3v) is 5.22. The van der Waals surface area contributed by atoms with Crippen molar-refractivity contribution in [1.82, 2.24) is 4.98 Å². The molecule has 0 N–H and O–H groups in total. The van der Waals surface area contributed by atoms with Gasteiger partial charge in [-0.1, -0.05) is 6.07 Å². The molecule has 20 heavy (non-hydrogen) atoms. The fourth-order valence-electron chi connectivity index (χ4n) is 2.35. The summed E-state index contributed by atoms with van der Waals surface area (Å²) in [6.45, 7) is 0.608. The maximum atomic E-state index is 11.4. The zero-order chi connectivity index (χ0) is 14.8. The van der Waals surface area contributed by atoms with Gasteiger partial charge in [-0.05, 0) is 24.5 Å². The van der Waals surface area contributed by atoms with Crippen molar-refractivity contribution in [1.29, 1.82) is 0 Å². The van der Waals surface area contributed by atoms with Crippen molar-refractivity contribution in [3.8, 4) is 0 Å². The van der Waals surface area contributed by atoms with Crippen molar-refractivity contribution in [2.75, 3.05) is 37.1 Å². The fourth-order valence-corrected chi connectivity index (χ4v) is 4.20. The molecule has 1 aromatic rings. The smallest absolute Gasteiger partial charge is 0.356 e. The van der Waals surface area contributed by atoms with Crippen molar-refractivity contribution >= 4 is 21.6 Å². The summed E-state index contributed by atoms with van der Waals surface area (Å²) < 4.78 is 27.5. The summed E-state index contributed by atoms with van der Waals surface area (Å²) in [6, 6.07) is 5.11. The lowest BCUT2D eigenvalue weighted by Gasteiger charge is -2.21. The van der Waals surface area contributed by atoms with Crippen molar-refractivity contribution in [2.24, 2.45) is 5.92 Å². The molecular formula is C13H18N2O4S. The van der Waals surface area contributed by atoms with E-state index < -0.39 is 15.8 Å². The van der Waals surface area contributed by atoms with Crippen LogP contribution in [-0.2, 0) is 14.6 Å². The molecule has 0 spiro atoms. The van der Waals surface area contributed by atoms with Gasteiger partial charge in [-0.25, -0.2) is 18.2 Å². The molecule has 0 saturated carbocycles. The first-order chi connectivity index (χ1) is 9.41. The SMILES string of the molecule is COC(=O)c1cccc(N(C)CC2CCS(=O)(=O)C2)n1. The largest absolute Gasteiger partial charge is 0.464 e. The van der Waals surface area contributed by atoms with E-state index in [1.54, 1.807) is 18.2 Å². The zero-order valence-electron chi connectivity index (χ0n) is 11.6. The van der Waals surface area contributed by atoms with Crippen LogP contribution in [0.25, 0.3) is 0 Å². The number of pyridine rings is 1. The predicted octanol–water partition coefficient (Wildman–Crippen LogP) is 0.739. The van der Waals surface area contributed by atoms with Gasteiger partial charge in [0.25, 0.3) is 0 Å². The number of rotatable bonds is 4. The molecule has 1 aromatic heterocycles. The highest BCUT2D eigenvalue weighted by molar-refractivity contribution is 7.91. The van der Waals surface area contributed by atoms with Crippen LogP contribution in [-0.4, -0.2) is 51.6 Å². The molecule has 0 aromatic carbocycles. The van der Waals surface area contributed by atoms with E-state index in [1.165, 1.54) is 7.11 Å². The minimum Gasteiger partial charge on any atom is -0.464 e. The van der Waals surface area contributed by atoms with Crippen LogP contribution < -0.4 is 4.90 Å². The summed E-state index contributed by atoms with van der Waals surface area (Å²) in [6.07, 6.45) is 0.684. The maximum absolute atomic E-state index is 11.4. The first kappa shape index (κ1) is 14.8. The van der Waals surface area contributed by atoms with E-state index >= 15 is 0 Å². The molecule has 0 radical (unpaired) electrons. The summed E-state index contributed by atoms with van der Waals surface area (Å²) in [7, 11) is 0.281. The standard InChI is InChI=1S/C13H18N2O4S/c1-15(8-10-6-7-20(17,18)9-10)12-5-3-4-11(14-12)13(16)19-2/h3-5,10H,6-9H2,1-2H3. The lowest BCUT2D eigenvalue weighted by Crippen LogP contribution is -2.27. The van der Waals surface area contributed by atoms with Crippen LogP contribution in [0.1, 0.15) is 16.9 Å². The Morgan fingerprint density at radius 2 is 2.25 bits per heavy atom. The van der Waals surface area contributed by atoms with Gasteiger partial charge in [-0.3, -0.25) is 0 Å². The Morgan fingerprint density at radius 1 is 1.50 bits per heavy atom. The molecule has 7 heteroatoms. The quantitative estimate of drug-likeness (QED) is 0.763. The molecule has 1 saturated heterocycles. The van der Waals surface area contributed by atoms with E-state index in [9.17, 15) is 13.2 Å². The summed E-state index contributed by atoms with van der Waals surface area (Å²) in [4.78, 5) is 17.5. The fraction of sp³-hybridized carbons (Fsp3) is 0.538. The van der Waals surface area contributed by atoms with Gasteiger partial charge in [0.2, 0.25) is 0 Å². The summed E-state index contributed by atoms with van der Waals surface area (Å²) in [5.74, 6) is 0.768. The van der Waals surface area contributed by atoms with E-state index in [0.29, 0.717) is 18.8 Å². The van der Waals surface area contributed by atoms with E-state index in [-0.39, 0.29) is 23.1 Å².